The smallest absolute Gasteiger partial charge is 0.228 e. The molecule has 2 fully saturated rings. The third kappa shape index (κ3) is 2.86. The highest BCUT2D eigenvalue weighted by molar-refractivity contribution is 5.82. The van der Waals surface area contributed by atoms with E-state index in [1.165, 1.54) is 0 Å². The molecule has 0 aromatic carbocycles. The summed E-state index contributed by atoms with van der Waals surface area (Å²) in [6.45, 7) is 9.18. The van der Waals surface area contributed by atoms with Crippen molar-refractivity contribution in [1.82, 2.24) is 4.90 Å². The summed E-state index contributed by atoms with van der Waals surface area (Å²) in [6, 6.07) is 0. The van der Waals surface area contributed by atoms with E-state index >= 15 is 0 Å². The molecule has 0 bridgehead atoms. The molecule has 2 heterocycles. The van der Waals surface area contributed by atoms with Crippen LogP contribution >= 0.6 is 0 Å². The van der Waals surface area contributed by atoms with E-state index in [0.717, 1.165) is 32.4 Å². The molecule has 0 aromatic rings. The third-order valence-electron chi connectivity index (χ3n) is 4.24. The Morgan fingerprint density at radius 1 is 1.33 bits per heavy atom. The van der Waals surface area contributed by atoms with E-state index in [0.29, 0.717) is 19.1 Å². The van der Waals surface area contributed by atoms with Gasteiger partial charge in [0.2, 0.25) is 5.91 Å². The first-order chi connectivity index (χ1) is 8.54. The summed E-state index contributed by atoms with van der Waals surface area (Å²) in [4.78, 5) is 14.5. The van der Waals surface area contributed by atoms with Crippen molar-refractivity contribution >= 4 is 5.91 Å². The highest BCUT2D eigenvalue weighted by Crippen LogP contribution is 2.29. The molecule has 0 spiro atoms. The molecule has 0 aromatic heterocycles. The normalized spacial score (nSPS) is 26.6. The molecular formula is C14H25NO3. The van der Waals surface area contributed by atoms with Crippen LogP contribution in [0.15, 0.2) is 0 Å². The topological polar surface area (TPSA) is 38.8 Å². The number of amides is 1. The standard InChI is InChI=1S/C14H25NO3/c1-4-14(2,3)13(16)15-7-5-6-11(10-15)12-17-8-9-18-12/h11-12H,4-10H2,1-3H3. The molecule has 18 heavy (non-hydrogen) atoms. The van der Waals surface area contributed by atoms with Crippen LogP contribution in [0.25, 0.3) is 0 Å². The number of likely N-dealkylation sites (tertiary alicyclic amines) is 1. The summed E-state index contributed by atoms with van der Waals surface area (Å²) < 4.78 is 11.1. The summed E-state index contributed by atoms with van der Waals surface area (Å²) in [6.07, 6.45) is 2.94. The van der Waals surface area contributed by atoms with Gasteiger partial charge in [0.1, 0.15) is 0 Å². The van der Waals surface area contributed by atoms with Crippen molar-refractivity contribution in [3.63, 3.8) is 0 Å². The Kier molecular flexibility index (Phi) is 4.28. The quantitative estimate of drug-likeness (QED) is 0.774. The third-order valence-corrected chi connectivity index (χ3v) is 4.24. The lowest BCUT2D eigenvalue weighted by molar-refractivity contribution is -0.148. The zero-order chi connectivity index (χ0) is 13.2. The van der Waals surface area contributed by atoms with Crippen LogP contribution in [-0.2, 0) is 14.3 Å². The van der Waals surface area contributed by atoms with Gasteiger partial charge in [-0.2, -0.15) is 0 Å². The van der Waals surface area contributed by atoms with Crippen LogP contribution in [0.5, 0.6) is 0 Å². The van der Waals surface area contributed by atoms with E-state index in [2.05, 4.69) is 6.92 Å². The largest absolute Gasteiger partial charge is 0.350 e. The van der Waals surface area contributed by atoms with Gasteiger partial charge < -0.3 is 14.4 Å². The molecular weight excluding hydrogens is 230 g/mol. The van der Waals surface area contributed by atoms with E-state index < -0.39 is 0 Å². The van der Waals surface area contributed by atoms with Crippen molar-refractivity contribution in [3.05, 3.63) is 0 Å². The van der Waals surface area contributed by atoms with E-state index in [9.17, 15) is 4.79 Å². The molecule has 2 aliphatic heterocycles. The van der Waals surface area contributed by atoms with Gasteiger partial charge in [-0.25, -0.2) is 0 Å². The van der Waals surface area contributed by atoms with Gasteiger partial charge in [-0.05, 0) is 19.3 Å². The van der Waals surface area contributed by atoms with Crippen molar-refractivity contribution in [2.75, 3.05) is 26.3 Å². The van der Waals surface area contributed by atoms with Gasteiger partial charge in [0.05, 0.1) is 13.2 Å². The molecule has 4 heteroatoms. The van der Waals surface area contributed by atoms with Crippen LogP contribution in [0, 0.1) is 11.3 Å². The second-order valence-electron chi connectivity index (χ2n) is 6.00. The van der Waals surface area contributed by atoms with Gasteiger partial charge in [0.25, 0.3) is 0 Å². The van der Waals surface area contributed by atoms with Gasteiger partial charge in [-0.15, -0.1) is 0 Å². The van der Waals surface area contributed by atoms with E-state index in [1.807, 2.05) is 18.7 Å². The first kappa shape index (κ1) is 13.8. The molecule has 0 N–H and O–H groups in total. The van der Waals surface area contributed by atoms with E-state index in [-0.39, 0.29) is 17.6 Å². The van der Waals surface area contributed by atoms with Gasteiger partial charge in [-0.1, -0.05) is 20.8 Å². The number of piperidine rings is 1. The van der Waals surface area contributed by atoms with Crippen molar-refractivity contribution in [3.8, 4) is 0 Å². The lowest BCUT2D eigenvalue weighted by Crippen LogP contribution is -2.48. The highest BCUT2D eigenvalue weighted by Gasteiger charge is 2.36. The fourth-order valence-electron chi connectivity index (χ4n) is 2.64. The van der Waals surface area contributed by atoms with Crippen molar-refractivity contribution in [2.45, 2.75) is 46.3 Å². The molecule has 4 nitrogen and oxygen atoms in total. The summed E-state index contributed by atoms with van der Waals surface area (Å²) in [5.74, 6) is 0.616. The van der Waals surface area contributed by atoms with Crippen molar-refractivity contribution in [1.29, 1.82) is 0 Å². The lowest BCUT2D eigenvalue weighted by Gasteiger charge is -2.38. The summed E-state index contributed by atoms with van der Waals surface area (Å²) in [7, 11) is 0. The minimum atomic E-state index is -0.251. The highest BCUT2D eigenvalue weighted by atomic mass is 16.7. The molecule has 0 radical (unpaired) electrons. The van der Waals surface area contributed by atoms with Crippen LogP contribution in [0.3, 0.4) is 0 Å². The zero-order valence-corrected chi connectivity index (χ0v) is 11.8. The van der Waals surface area contributed by atoms with Crippen LogP contribution < -0.4 is 0 Å². The second kappa shape index (κ2) is 5.57. The molecule has 1 unspecified atom stereocenters. The Labute approximate surface area is 110 Å². The first-order valence-corrected chi connectivity index (χ1v) is 7.07. The number of hydrogen-bond acceptors (Lipinski definition) is 3. The van der Waals surface area contributed by atoms with Crippen molar-refractivity contribution < 1.29 is 14.3 Å². The Bertz CT molecular complexity index is 297. The van der Waals surface area contributed by atoms with Crippen LogP contribution in [0.4, 0.5) is 0 Å². The molecule has 104 valence electrons. The molecule has 2 saturated heterocycles. The molecule has 1 atom stereocenters. The van der Waals surface area contributed by atoms with E-state index in [4.69, 9.17) is 9.47 Å². The van der Waals surface area contributed by atoms with Gasteiger partial charge >= 0.3 is 0 Å². The first-order valence-electron chi connectivity index (χ1n) is 7.07. The average Bonchev–Trinajstić information content (AvgIpc) is 2.92. The molecule has 2 rings (SSSR count). The average molecular weight is 255 g/mol. The van der Waals surface area contributed by atoms with E-state index in [1.54, 1.807) is 0 Å². The molecule has 0 saturated carbocycles. The zero-order valence-electron chi connectivity index (χ0n) is 11.8. The van der Waals surface area contributed by atoms with Crippen LogP contribution in [0.1, 0.15) is 40.0 Å². The Hall–Kier alpha value is -0.610. The van der Waals surface area contributed by atoms with Gasteiger partial charge in [-0.3, -0.25) is 4.79 Å². The van der Waals surface area contributed by atoms with Crippen molar-refractivity contribution in [2.24, 2.45) is 11.3 Å². The predicted octanol–water partition coefficient (Wildman–Crippen LogP) is 2.03. The molecule has 2 aliphatic rings. The number of carbonyl (C=O) groups is 1. The fourth-order valence-corrected chi connectivity index (χ4v) is 2.64. The fraction of sp³-hybridized carbons (Fsp3) is 0.929. The minimum Gasteiger partial charge on any atom is -0.350 e. The predicted molar refractivity (Wildman–Crippen MR) is 69.1 cm³/mol. The summed E-state index contributed by atoms with van der Waals surface area (Å²) in [5, 5.41) is 0. The number of hydrogen-bond donors (Lipinski definition) is 0. The van der Waals surface area contributed by atoms with Gasteiger partial charge in [0.15, 0.2) is 6.29 Å². The Morgan fingerprint density at radius 3 is 2.61 bits per heavy atom. The molecule has 1 amide bonds. The minimum absolute atomic E-state index is 0.0923. The number of ether oxygens (including phenoxy) is 2. The maximum Gasteiger partial charge on any atom is 0.228 e. The number of carbonyl (C=O) groups excluding carboxylic acids is 1. The second-order valence-corrected chi connectivity index (χ2v) is 6.00. The SMILES string of the molecule is CCC(C)(C)C(=O)N1CCCC(C2OCCO2)C1. The van der Waals surface area contributed by atoms with Gasteiger partial charge in [0, 0.05) is 24.4 Å². The Morgan fingerprint density at radius 2 is 2.00 bits per heavy atom. The van der Waals surface area contributed by atoms with Crippen LogP contribution in [0.2, 0.25) is 0 Å². The monoisotopic (exact) mass is 255 g/mol. The maximum atomic E-state index is 12.5. The Balaban J connectivity index is 1.95. The maximum absolute atomic E-state index is 12.5. The summed E-state index contributed by atoms with van der Waals surface area (Å²) in [5.41, 5.74) is -0.251. The number of rotatable bonds is 3. The molecule has 0 aliphatic carbocycles. The lowest BCUT2D eigenvalue weighted by atomic mass is 9.86. The number of nitrogens with zero attached hydrogens (tertiary/aromatic N) is 1. The summed E-state index contributed by atoms with van der Waals surface area (Å²) >= 11 is 0. The van der Waals surface area contributed by atoms with Crippen LogP contribution in [-0.4, -0.2) is 43.4 Å².